The van der Waals surface area contributed by atoms with Gasteiger partial charge in [-0.1, -0.05) is 18.2 Å². The molecule has 2 rings (SSSR count). The van der Waals surface area contributed by atoms with Crippen molar-refractivity contribution in [3.8, 4) is 0 Å². The molecule has 0 spiro atoms. The lowest BCUT2D eigenvalue weighted by Gasteiger charge is -2.32. The molecule has 0 aromatic heterocycles. The Bertz CT molecular complexity index is 470. The van der Waals surface area contributed by atoms with E-state index >= 15 is 0 Å². The van der Waals surface area contributed by atoms with E-state index < -0.39 is 10.0 Å². The van der Waals surface area contributed by atoms with Crippen molar-refractivity contribution < 1.29 is 13.2 Å². The zero-order chi connectivity index (χ0) is 12.5. The largest absolute Gasteiger partial charge is 0.352 e. The lowest BCUT2D eigenvalue weighted by atomic mass is 10.4. The maximum absolute atomic E-state index is 12.3. The van der Waals surface area contributed by atoms with E-state index in [4.69, 9.17) is 4.74 Å². The Kier molecular flexibility index (Phi) is 4.67. The fourth-order valence-corrected chi connectivity index (χ4v) is 5.80. The summed E-state index contributed by atoms with van der Waals surface area (Å²) in [5, 5.41) is 0. The van der Waals surface area contributed by atoms with E-state index in [9.17, 15) is 8.42 Å². The minimum Gasteiger partial charge on any atom is -0.352 e. The second-order valence-corrected chi connectivity index (χ2v) is 8.31. The van der Waals surface area contributed by atoms with Gasteiger partial charge in [-0.25, -0.2) is 8.42 Å². The highest BCUT2D eigenvalue weighted by Crippen LogP contribution is 2.25. The topological polar surface area (TPSA) is 46.6 Å². The number of nitrogens with zero attached hydrogens (tertiary/aromatic N) is 1. The van der Waals surface area contributed by atoms with Crippen LogP contribution in [0, 0.1) is 0 Å². The van der Waals surface area contributed by atoms with Gasteiger partial charge in [0, 0.05) is 13.1 Å². The van der Waals surface area contributed by atoms with Gasteiger partial charge in [0.1, 0.15) is 8.22 Å². The fourth-order valence-electron chi connectivity index (χ4n) is 1.58. The van der Waals surface area contributed by atoms with E-state index in [1.807, 2.05) is 0 Å². The highest BCUT2D eigenvalue weighted by Gasteiger charge is 2.33. The molecule has 1 aromatic carbocycles. The molecule has 0 aliphatic carbocycles. The summed E-state index contributed by atoms with van der Waals surface area (Å²) in [5.74, 6) is 0. The van der Waals surface area contributed by atoms with Crippen LogP contribution < -0.4 is 0 Å². The highest BCUT2D eigenvalue weighted by molar-refractivity contribution is 14.1. The van der Waals surface area contributed by atoms with Gasteiger partial charge in [0.25, 0.3) is 0 Å². The number of hydrogen-bond donors (Lipinski definition) is 0. The first-order valence-electron chi connectivity index (χ1n) is 4.99. The van der Waals surface area contributed by atoms with Gasteiger partial charge in [-0.3, -0.25) is 0 Å². The summed E-state index contributed by atoms with van der Waals surface area (Å²) in [6.07, 6.45) is 0. The lowest BCUT2D eigenvalue weighted by molar-refractivity contribution is 0.0485. The fraction of sp³-hybridized carbons (Fsp3) is 0.400. The van der Waals surface area contributed by atoms with E-state index in [-0.39, 0.29) is 8.22 Å². The number of benzene rings is 1. The van der Waals surface area contributed by atoms with Crippen LogP contribution in [0.3, 0.4) is 0 Å². The Balaban J connectivity index is 2.27. The highest BCUT2D eigenvalue weighted by atomic mass is 127. The number of rotatable bonds is 2. The molecule has 1 aliphatic heterocycles. The molecule has 0 N–H and O–H groups in total. The van der Waals surface area contributed by atoms with Crippen molar-refractivity contribution in [3.63, 3.8) is 0 Å². The SMILES string of the molecule is O=S(=O)(c1ccccc1)N1CC(I)OC(I)C1. The molecular weight excluding hydrogens is 468 g/mol. The van der Waals surface area contributed by atoms with Gasteiger partial charge in [0.15, 0.2) is 0 Å². The molecule has 0 radical (unpaired) electrons. The van der Waals surface area contributed by atoms with Crippen LogP contribution in [0.5, 0.6) is 0 Å². The Morgan fingerprint density at radius 3 is 2.18 bits per heavy atom. The zero-order valence-corrected chi connectivity index (χ0v) is 13.9. The monoisotopic (exact) mass is 479 g/mol. The summed E-state index contributed by atoms with van der Waals surface area (Å²) >= 11 is 4.23. The van der Waals surface area contributed by atoms with E-state index in [0.717, 1.165) is 0 Å². The molecule has 0 saturated carbocycles. The van der Waals surface area contributed by atoms with Crippen molar-refractivity contribution in [1.29, 1.82) is 0 Å². The van der Waals surface area contributed by atoms with Crippen molar-refractivity contribution in [2.45, 2.75) is 13.1 Å². The van der Waals surface area contributed by atoms with Crippen LogP contribution in [-0.2, 0) is 14.8 Å². The van der Waals surface area contributed by atoms with E-state index in [1.54, 1.807) is 30.3 Å². The molecule has 17 heavy (non-hydrogen) atoms. The number of sulfonamides is 1. The second-order valence-electron chi connectivity index (χ2n) is 3.59. The van der Waals surface area contributed by atoms with Gasteiger partial charge in [0.2, 0.25) is 10.0 Å². The third kappa shape index (κ3) is 3.31. The van der Waals surface area contributed by atoms with Gasteiger partial charge < -0.3 is 4.74 Å². The molecule has 7 heteroatoms. The van der Waals surface area contributed by atoms with Crippen LogP contribution >= 0.6 is 45.2 Å². The van der Waals surface area contributed by atoms with E-state index in [0.29, 0.717) is 18.0 Å². The van der Waals surface area contributed by atoms with Crippen LogP contribution in [0.4, 0.5) is 0 Å². The maximum atomic E-state index is 12.3. The van der Waals surface area contributed by atoms with Gasteiger partial charge in [-0.05, 0) is 57.3 Å². The van der Waals surface area contributed by atoms with Crippen LogP contribution in [0.2, 0.25) is 0 Å². The minimum atomic E-state index is -3.38. The molecule has 1 heterocycles. The molecule has 1 fully saturated rings. The molecule has 1 aliphatic rings. The second kappa shape index (κ2) is 5.68. The van der Waals surface area contributed by atoms with Crippen molar-refractivity contribution in [3.05, 3.63) is 30.3 Å². The quantitative estimate of drug-likeness (QED) is 0.483. The van der Waals surface area contributed by atoms with Crippen LogP contribution in [0.25, 0.3) is 0 Å². The smallest absolute Gasteiger partial charge is 0.243 e. The summed E-state index contributed by atoms with van der Waals surface area (Å²) in [5.41, 5.74) is 0. The van der Waals surface area contributed by atoms with Crippen LogP contribution in [-0.4, -0.2) is 34.0 Å². The van der Waals surface area contributed by atoms with Crippen molar-refractivity contribution in [2.75, 3.05) is 13.1 Å². The van der Waals surface area contributed by atoms with Gasteiger partial charge in [-0.15, -0.1) is 0 Å². The van der Waals surface area contributed by atoms with Crippen LogP contribution in [0.15, 0.2) is 35.2 Å². The Hall–Kier alpha value is 0.550. The summed E-state index contributed by atoms with van der Waals surface area (Å²) < 4.78 is 31.5. The van der Waals surface area contributed by atoms with Crippen molar-refractivity contribution >= 4 is 55.2 Å². The molecule has 1 saturated heterocycles. The van der Waals surface area contributed by atoms with Gasteiger partial charge in [-0.2, -0.15) is 4.31 Å². The standard InChI is InChI=1S/C10H11I2NO3S/c11-9-6-13(7-10(12)16-9)17(14,15)8-4-2-1-3-5-8/h1-5,9-10H,6-7H2. The Morgan fingerprint density at radius 1 is 1.12 bits per heavy atom. The van der Waals surface area contributed by atoms with Crippen molar-refractivity contribution in [1.82, 2.24) is 4.31 Å². The first kappa shape index (κ1) is 14.0. The van der Waals surface area contributed by atoms with Crippen LogP contribution in [0.1, 0.15) is 0 Å². The molecule has 2 unspecified atom stereocenters. The third-order valence-corrected chi connectivity index (χ3v) is 5.59. The molecule has 0 bridgehead atoms. The first-order chi connectivity index (χ1) is 8.00. The molecular formula is C10H11I2NO3S. The summed E-state index contributed by atoms with van der Waals surface area (Å²) in [4.78, 5) is 0.342. The van der Waals surface area contributed by atoms with E-state index in [1.165, 1.54) is 4.31 Å². The summed E-state index contributed by atoms with van der Waals surface area (Å²) in [7, 11) is -3.38. The number of ether oxygens (including phenoxy) is 1. The third-order valence-electron chi connectivity index (χ3n) is 2.37. The average molecular weight is 479 g/mol. The number of morpholine rings is 1. The Morgan fingerprint density at radius 2 is 1.65 bits per heavy atom. The zero-order valence-electron chi connectivity index (χ0n) is 8.79. The maximum Gasteiger partial charge on any atom is 0.243 e. The van der Waals surface area contributed by atoms with Gasteiger partial charge in [0.05, 0.1) is 4.90 Å². The minimum absolute atomic E-state index is 0.0956. The molecule has 1 aromatic rings. The van der Waals surface area contributed by atoms with E-state index in [2.05, 4.69) is 45.2 Å². The predicted octanol–water partition coefficient (Wildman–Crippen LogP) is 2.23. The Labute approximate surface area is 128 Å². The first-order valence-corrected chi connectivity index (χ1v) is 8.92. The molecule has 94 valence electrons. The van der Waals surface area contributed by atoms with Gasteiger partial charge >= 0.3 is 0 Å². The molecule has 2 atom stereocenters. The summed E-state index contributed by atoms with van der Waals surface area (Å²) in [6, 6.07) is 8.51. The van der Waals surface area contributed by atoms with Crippen molar-refractivity contribution in [2.24, 2.45) is 0 Å². The average Bonchev–Trinajstić information content (AvgIpc) is 2.29. The number of alkyl halides is 2. The number of hydrogen-bond acceptors (Lipinski definition) is 3. The summed E-state index contributed by atoms with van der Waals surface area (Å²) in [6.45, 7) is 0.800. The normalized spacial score (nSPS) is 26.9. The number of halogens is 2. The molecule has 4 nitrogen and oxygen atoms in total. The lowest BCUT2D eigenvalue weighted by Crippen LogP contribution is -2.46. The predicted molar refractivity (Wildman–Crippen MR) is 81.9 cm³/mol. The molecule has 0 amide bonds.